The second-order valence-electron chi connectivity index (χ2n) is 5.48. The summed E-state index contributed by atoms with van der Waals surface area (Å²) in [6.07, 6.45) is 6.62. The summed E-state index contributed by atoms with van der Waals surface area (Å²) in [5.41, 5.74) is 0.583. The molecule has 0 saturated heterocycles. The molecule has 0 amide bonds. The molecule has 6 heteroatoms. The van der Waals surface area contributed by atoms with Crippen LogP contribution < -0.4 is 10.1 Å². The Morgan fingerprint density at radius 2 is 2.39 bits per heavy atom. The van der Waals surface area contributed by atoms with E-state index in [1.165, 1.54) is 25.7 Å². The van der Waals surface area contributed by atoms with E-state index in [0.717, 1.165) is 24.2 Å². The lowest BCUT2D eigenvalue weighted by atomic mass is 10.0. The number of nitrogens with zero attached hydrogens (tertiary/aromatic N) is 2. The highest BCUT2D eigenvalue weighted by atomic mass is 32.1. The van der Waals surface area contributed by atoms with Gasteiger partial charge in [-0.15, -0.1) is 4.37 Å². The summed E-state index contributed by atoms with van der Waals surface area (Å²) >= 11 is 1.11. The van der Waals surface area contributed by atoms with Crippen LogP contribution in [0.2, 0.25) is 0 Å². The number of aliphatic hydroxyl groups is 1. The van der Waals surface area contributed by atoms with E-state index in [0.29, 0.717) is 17.8 Å². The molecule has 2 aliphatic rings. The fourth-order valence-corrected chi connectivity index (χ4v) is 2.90. The van der Waals surface area contributed by atoms with Gasteiger partial charge in [-0.05, 0) is 37.0 Å². The van der Waals surface area contributed by atoms with Gasteiger partial charge in [-0.3, -0.25) is 0 Å². The van der Waals surface area contributed by atoms with Crippen molar-refractivity contribution in [3.05, 3.63) is 6.20 Å². The number of aromatic nitrogens is 2. The Balaban J connectivity index is 1.31. The fraction of sp³-hybridized carbons (Fsp3) is 0.833. The third kappa shape index (κ3) is 2.99. The molecule has 2 aliphatic carbocycles. The number of hydrogen-bond acceptors (Lipinski definition) is 6. The van der Waals surface area contributed by atoms with E-state index in [1.807, 2.05) is 0 Å². The first kappa shape index (κ1) is 12.3. The van der Waals surface area contributed by atoms with Crippen molar-refractivity contribution in [3.63, 3.8) is 0 Å². The van der Waals surface area contributed by atoms with Crippen molar-refractivity contribution in [2.45, 2.75) is 31.8 Å². The molecular formula is C12H19N3O2S. The van der Waals surface area contributed by atoms with Crippen LogP contribution >= 0.6 is 11.7 Å². The molecule has 0 spiro atoms. The van der Waals surface area contributed by atoms with Gasteiger partial charge in [0.15, 0.2) is 0 Å². The summed E-state index contributed by atoms with van der Waals surface area (Å²) < 4.78 is 13.1. The molecule has 0 radical (unpaired) electrons. The Kier molecular flexibility index (Phi) is 3.50. The van der Waals surface area contributed by atoms with Crippen LogP contribution in [-0.4, -0.2) is 39.7 Å². The summed E-state index contributed by atoms with van der Waals surface area (Å²) in [6, 6.07) is 0. The molecule has 0 bridgehead atoms. The molecule has 3 rings (SSSR count). The van der Waals surface area contributed by atoms with Crippen LogP contribution in [0, 0.1) is 11.3 Å². The lowest BCUT2D eigenvalue weighted by molar-refractivity contribution is 0.103. The van der Waals surface area contributed by atoms with Gasteiger partial charge in [-0.2, -0.15) is 4.37 Å². The maximum atomic E-state index is 9.79. The molecule has 18 heavy (non-hydrogen) atoms. The molecule has 2 fully saturated rings. The Morgan fingerprint density at radius 1 is 1.56 bits per heavy atom. The predicted octanol–water partition coefficient (Wildman–Crippen LogP) is 1.06. The summed E-state index contributed by atoms with van der Waals surface area (Å²) in [5, 5.41) is 13.2. The van der Waals surface area contributed by atoms with E-state index < -0.39 is 6.10 Å². The molecule has 1 aromatic heterocycles. The van der Waals surface area contributed by atoms with E-state index in [1.54, 1.807) is 6.20 Å². The second-order valence-corrected chi connectivity index (χ2v) is 6.03. The van der Waals surface area contributed by atoms with Crippen molar-refractivity contribution in [1.29, 1.82) is 0 Å². The Hall–Kier alpha value is -0.720. The standard InChI is InChI=1S/C12H19N3O2S/c16-10(7-17-11-6-14-18-15-11)5-13-8-12(3-4-12)9-1-2-9/h6,9-10,13,16H,1-5,7-8H2. The van der Waals surface area contributed by atoms with Crippen LogP contribution in [0.4, 0.5) is 0 Å². The van der Waals surface area contributed by atoms with Crippen LogP contribution in [-0.2, 0) is 0 Å². The second kappa shape index (κ2) is 5.11. The summed E-state index contributed by atoms with van der Waals surface area (Å²) in [6.45, 7) is 1.91. The lowest BCUT2D eigenvalue weighted by Gasteiger charge is -2.17. The number of hydrogen-bond donors (Lipinski definition) is 2. The molecule has 1 aromatic rings. The predicted molar refractivity (Wildman–Crippen MR) is 68.7 cm³/mol. The minimum Gasteiger partial charge on any atom is -0.473 e. The number of aliphatic hydroxyl groups excluding tert-OH is 1. The van der Waals surface area contributed by atoms with Gasteiger partial charge in [0.05, 0.1) is 11.7 Å². The van der Waals surface area contributed by atoms with Crippen LogP contribution in [0.25, 0.3) is 0 Å². The maximum Gasteiger partial charge on any atom is 0.245 e. The van der Waals surface area contributed by atoms with Crippen molar-refractivity contribution < 1.29 is 9.84 Å². The molecule has 1 unspecified atom stereocenters. The van der Waals surface area contributed by atoms with Crippen molar-refractivity contribution in [2.24, 2.45) is 11.3 Å². The van der Waals surface area contributed by atoms with Crippen LogP contribution in [0.3, 0.4) is 0 Å². The van der Waals surface area contributed by atoms with Gasteiger partial charge < -0.3 is 15.2 Å². The number of rotatable bonds is 8. The zero-order chi connectivity index (χ0) is 12.4. The minimum atomic E-state index is -0.485. The number of ether oxygens (including phenoxy) is 1. The molecule has 100 valence electrons. The molecule has 1 heterocycles. The highest BCUT2D eigenvalue weighted by Gasteiger charge is 2.53. The minimum absolute atomic E-state index is 0.273. The average Bonchev–Trinajstić information content (AvgIpc) is 3.27. The van der Waals surface area contributed by atoms with E-state index in [-0.39, 0.29) is 6.61 Å². The lowest BCUT2D eigenvalue weighted by Crippen LogP contribution is -2.35. The van der Waals surface area contributed by atoms with Gasteiger partial charge in [0, 0.05) is 13.1 Å². The molecule has 0 aliphatic heterocycles. The van der Waals surface area contributed by atoms with Crippen molar-refractivity contribution in [2.75, 3.05) is 19.7 Å². The third-order valence-corrected chi connectivity index (χ3v) is 4.42. The SMILES string of the molecule is OC(CNCC1(C2CC2)CC1)COc1cnsn1. The monoisotopic (exact) mass is 269 g/mol. The van der Waals surface area contributed by atoms with Gasteiger partial charge in [0.25, 0.3) is 0 Å². The highest BCUT2D eigenvalue weighted by molar-refractivity contribution is 6.99. The van der Waals surface area contributed by atoms with Crippen LogP contribution in [0.5, 0.6) is 5.88 Å². The fourth-order valence-electron chi connectivity index (χ4n) is 2.53. The van der Waals surface area contributed by atoms with Crippen LogP contribution in [0.15, 0.2) is 6.20 Å². The molecule has 1 atom stereocenters. The van der Waals surface area contributed by atoms with Crippen molar-refractivity contribution >= 4 is 11.7 Å². The van der Waals surface area contributed by atoms with Gasteiger partial charge >= 0.3 is 0 Å². The smallest absolute Gasteiger partial charge is 0.245 e. The summed E-state index contributed by atoms with van der Waals surface area (Å²) in [5.74, 6) is 1.45. The molecule has 2 N–H and O–H groups in total. The quantitative estimate of drug-likeness (QED) is 0.738. The first-order valence-corrected chi connectivity index (χ1v) is 7.31. The average molecular weight is 269 g/mol. The van der Waals surface area contributed by atoms with Gasteiger partial charge in [-0.25, -0.2) is 0 Å². The normalized spacial score (nSPS) is 22.7. The van der Waals surface area contributed by atoms with Crippen molar-refractivity contribution in [3.8, 4) is 5.88 Å². The third-order valence-electron chi connectivity index (χ3n) is 3.96. The largest absolute Gasteiger partial charge is 0.473 e. The molecule has 0 aromatic carbocycles. The molecule has 5 nitrogen and oxygen atoms in total. The number of nitrogens with one attached hydrogen (secondary N) is 1. The van der Waals surface area contributed by atoms with Gasteiger partial charge in [0.1, 0.15) is 18.9 Å². The first-order chi connectivity index (χ1) is 8.78. The Morgan fingerprint density at radius 3 is 3.00 bits per heavy atom. The van der Waals surface area contributed by atoms with E-state index in [2.05, 4.69) is 14.1 Å². The first-order valence-electron chi connectivity index (χ1n) is 6.58. The van der Waals surface area contributed by atoms with Gasteiger partial charge in [0.2, 0.25) is 5.88 Å². The van der Waals surface area contributed by atoms with E-state index in [9.17, 15) is 5.11 Å². The summed E-state index contributed by atoms with van der Waals surface area (Å²) in [7, 11) is 0. The molecule has 2 saturated carbocycles. The van der Waals surface area contributed by atoms with Crippen molar-refractivity contribution in [1.82, 2.24) is 14.1 Å². The molecular weight excluding hydrogens is 250 g/mol. The topological polar surface area (TPSA) is 67.3 Å². The highest BCUT2D eigenvalue weighted by Crippen LogP contribution is 2.60. The Bertz CT molecular complexity index is 377. The van der Waals surface area contributed by atoms with E-state index in [4.69, 9.17) is 4.74 Å². The zero-order valence-corrected chi connectivity index (χ0v) is 11.2. The van der Waals surface area contributed by atoms with E-state index >= 15 is 0 Å². The Labute approximate surface area is 111 Å². The summed E-state index contributed by atoms with van der Waals surface area (Å²) in [4.78, 5) is 0. The zero-order valence-electron chi connectivity index (χ0n) is 10.3. The maximum absolute atomic E-state index is 9.79. The van der Waals surface area contributed by atoms with Gasteiger partial charge in [-0.1, -0.05) is 0 Å². The van der Waals surface area contributed by atoms with Crippen LogP contribution in [0.1, 0.15) is 25.7 Å².